The van der Waals surface area contributed by atoms with E-state index in [0.29, 0.717) is 0 Å². The first kappa shape index (κ1) is 22.5. The number of nitrogens with one attached hydrogen (secondary N) is 3. The Morgan fingerprint density at radius 3 is 2.19 bits per heavy atom. The van der Waals surface area contributed by atoms with Crippen molar-refractivity contribution in [2.75, 3.05) is 45.2 Å². The van der Waals surface area contributed by atoms with Gasteiger partial charge in [-0.15, -0.1) is 0 Å². The Bertz CT molecular complexity index is 495. The monoisotopic (exact) mass is 363 g/mol. The number of benzene rings is 1. The molecule has 1 rings (SSSR count). The lowest BCUT2D eigenvalue weighted by Gasteiger charge is -2.19. The summed E-state index contributed by atoms with van der Waals surface area (Å²) in [6, 6.07) is 8.72. The van der Waals surface area contributed by atoms with E-state index >= 15 is 0 Å². The molecule has 0 aliphatic carbocycles. The van der Waals surface area contributed by atoms with Crippen molar-refractivity contribution in [1.82, 2.24) is 10.6 Å². The molecule has 148 valence electrons. The van der Waals surface area contributed by atoms with Gasteiger partial charge in [0.05, 0.1) is 0 Å². The van der Waals surface area contributed by atoms with Crippen molar-refractivity contribution in [2.24, 2.45) is 0 Å². The summed E-state index contributed by atoms with van der Waals surface area (Å²) in [6.45, 7) is 10.5. The molecular formula is C21H37N3O2. The maximum Gasteiger partial charge on any atom is 0.245 e. The fourth-order valence-electron chi connectivity index (χ4n) is 2.65. The van der Waals surface area contributed by atoms with Gasteiger partial charge in [0.25, 0.3) is 0 Å². The van der Waals surface area contributed by atoms with Crippen LogP contribution in [0.15, 0.2) is 24.3 Å². The Balaban J connectivity index is 1.94. The van der Waals surface area contributed by atoms with Crippen LogP contribution in [0.5, 0.6) is 0 Å². The predicted octanol–water partition coefficient (Wildman–Crippen LogP) is 3.31. The largest absolute Gasteiger partial charge is 0.384 e. The van der Waals surface area contributed by atoms with Gasteiger partial charge in [0.2, 0.25) is 5.91 Å². The van der Waals surface area contributed by atoms with Gasteiger partial charge in [-0.1, -0.05) is 45.7 Å². The molecule has 0 heterocycles. The SMILES string of the molecule is COCC(=O)NCCCCCCNCCNc1ccc(C(C)(C)C)cc1. The maximum absolute atomic E-state index is 11.2. The van der Waals surface area contributed by atoms with Crippen molar-refractivity contribution in [1.29, 1.82) is 0 Å². The number of rotatable bonds is 13. The van der Waals surface area contributed by atoms with Crippen LogP contribution in [0.4, 0.5) is 5.69 Å². The van der Waals surface area contributed by atoms with Gasteiger partial charge in [-0.3, -0.25) is 4.79 Å². The Morgan fingerprint density at radius 1 is 0.923 bits per heavy atom. The third-order valence-electron chi connectivity index (χ3n) is 4.26. The maximum atomic E-state index is 11.2. The second-order valence-corrected chi connectivity index (χ2v) is 7.70. The van der Waals surface area contributed by atoms with Crippen molar-refractivity contribution in [3.05, 3.63) is 29.8 Å². The molecule has 0 radical (unpaired) electrons. The number of hydrogen-bond acceptors (Lipinski definition) is 4. The molecule has 0 atom stereocenters. The van der Waals surface area contributed by atoms with Crippen LogP contribution in [0, 0.1) is 0 Å². The summed E-state index contributed by atoms with van der Waals surface area (Å²) in [5, 5.41) is 9.76. The molecule has 5 nitrogen and oxygen atoms in total. The van der Waals surface area contributed by atoms with Crippen LogP contribution >= 0.6 is 0 Å². The first-order valence-electron chi connectivity index (χ1n) is 9.74. The zero-order valence-corrected chi connectivity index (χ0v) is 17.0. The van der Waals surface area contributed by atoms with Crippen LogP contribution in [0.2, 0.25) is 0 Å². The molecule has 0 fully saturated rings. The molecule has 0 spiro atoms. The molecule has 0 saturated carbocycles. The highest BCUT2D eigenvalue weighted by Crippen LogP contribution is 2.23. The molecule has 0 bridgehead atoms. The molecule has 1 amide bonds. The van der Waals surface area contributed by atoms with Crippen LogP contribution in [-0.4, -0.2) is 45.8 Å². The van der Waals surface area contributed by atoms with Crippen molar-refractivity contribution >= 4 is 11.6 Å². The molecule has 0 aromatic heterocycles. The lowest BCUT2D eigenvalue weighted by molar-refractivity contribution is -0.124. The van der Waals surface area contributed by atoms with E-state index < -0.39 is 0 Å². The number of carbonyl (C=O) groups excluding carboxylic acids is 1. The first-order valence-corrected chi connectivity index (χ1v) is 9.74. The zero-order chi connectivity index (χ0) is 19.3. The summed E-state index contributed by atoms with van der Waals surface area (Å²) in [7, 11) is 1.53. The summed E-state index contributed by atoms with van der Waals surface area (Å²) in [6.07, 6.45) is 4.54. The van der Waals surface area contributed by atoms with Crippen LogP contribution in [-0.2, 0) is 14.9 Å². The fraction of sp³-hybridized carbons (Fsp3) is 0.667. The smallest absolute Gasteiger partial charge is 0.245 e. The topological polar surface area (TPSA) is 62.4 Å². The summed E-state index contributed by atoms with van der Waals surface area (Å²) >= 11 is 0. The normalized spacial score (nSPS) is 11.4. The highest BCUT2D eigenvalue weighted by atomic mass is 16.5. The number of hydrogen-bond donors (Lipinski definition) is 3. The molecule has 0 aliphatic heterocycles. The third-order valence-corrected chi connectivity index (χ3v) is 4.26. The molecule has 26 heavy (non-hydrogen) atoms. The van der Waals surface area contributed by atoms with E-state index in [0.717, 1.165) is 39.0 Å². The minimum absolute atomic E-state index is 0.0327. The quantitative estimate of drug-likeness (QED) is 0.471. The summed E-state index contributed by atoms with van der Waals surface area (Å²) in [5.74, 6) is -0.0327. The molecule has 1 aromatic carbocycles. The van der Waals surface area contributed by atoms with Crippen molar-refractivity contribution in [3.63, 3.8) is 0 Å². The van der Waals surface area contributed by atoms with Crippen molar-refractivity contribution in [3.8, 4) is 0 Å². The number of amides is 1. The minimum atomic E-state index is -0.0327. The highest BCUT2D eigenvalue weighted by Gasteiger charge is 2.12. The highest BCUT2D eigenvalue weighted by molar-refractivity contribution is 5.77. The minimum Gasteiger partial charge on any atom is -0.384 e. The zero-order valence-electron chi connectivity index (χ0n) is 17.0. The Labute approximate surface area is 159 Å². The summed E-state index contributed by atoms with van der Waals surface area (Å²) in [5.41, 5.74) is 2.74. The standard InChI is InChI=1S/C21H37N3O2/c1-21(2,3)18-9-11-19(12-10-18)23-16-15-22-13-7-5-6-8-14-24-20(25)17-26-4/h9-12,22-23H,5-8,13-17H2,1-4H3,(H,24,25). The van der Waals surface area contributed by atoms with Crippen LogP contribution in [0.25, 0.3) is 0 Å². The second kappa shape index (κ2) is 12.7. The Morgan fingerprint density at radius 2 is 1.58 bits per heavy atom. The molecule has 3 N–H and O–H groups in total. The van der Waals surface area contributed by atoms with Gasteiger partial charge >= 0.3 is 0 Å². The van der Waals surface area contributed by atoms with Gasteiger partial charge in [-0.2, -0.15) is 0 Å². The van der Waals surface area contributed by atoms with E-state index in [4.69, 9.17) is 4.74 Å². The first-order chi connectivity index (χ1) is 12.4. The average Bonchev–Trinajstić information content (AvgIpc) is 2.59. The molecule has 0 saturated heterocycles. The number of ether oxygens (including phenoxy) is 1. The molecular weight excluding hydrogens is 326 g/mol. The van der Waals surface area contributed by atoms with Gasteiger partial charge in [-0.05, 0) is 42.5 Å². The lowest BCUT2D eigenvalue weighted by atomic mass is 9.87. The van der Waals surface area contributed by atoms with Crippen LogP contribution < -0.4 is 16.0 Å². The van der Waals surface area contributed by atoms with Gasteiger partial charge in [0.1, 0.15) is 6.61 Å². The molecule has 0 aliphatic rings. The van der Waals surface area contributed by atoms with Gasteiger partial charge in [-0.25, -0.2) is 0 Å². The number of unbranched alkanes of at least 4 members (excludes halogenated alkanes) is 3. The van der Waals surface area contributed by atoms with Crippen molar-refractivity contribution < 1.29 is 9.53 Å². The number of carbonyl (C=O) groups is 1. The van der Waals surface area contributed by atoms with E-state index in [1.54, 1.807) is 0 Å². The van der Waals surface area contributed by atoms with E-state index in [-0.39, 0.29) is 17.9 Å². The lowest BCUT2D eigenvalue weighted by Crippen LogP contribution is -2.28. The second-order valence-electron chi connectivity index (χ2n) is 7.70. The molecule has 1 aromatic rings. The van der Waals surface area contributed by atoms with E-state index in [9.17, 15) is 4.79 Å². The number of anilines is 1. The third kappa shape index (κ3) is 10.4. The van der Waals surface area contributed by atoms with E-state index in [1.165, 1.54) is 31.2 Å². The molecule has 0 unspecified atom stereocenters. The fourth-order valence-corrected chi connectivity index (χ4v) is 2.65. The van der Waals surface area contributed by atoms with Crippen LogP contribution in [0.1, 0.15) is 52.0 Å². The van der Waals surface area contributed by atoms with Crippen LogP contribution in [0.3, 0.4) is 0 Å². The summed E-state index contributed by atoms with van der Waals surface area (Å²) < 4.78 is 4.77. The predicted molar refractivity (Wildman–Crippen MR) is 110 cm³/mol. The number of methoxy groups -OCH3 is 1. The van der Waals surface area contributed by atoms with E-state index in [1.807, 2.05) is 0 Å². The van der Waals surface area contributed by atoms with Gasteiger partial charge in [0.15, 0.2) is 0 Å². The average molecular weight is 364 g/mol. The Kier molecular flexibility index (Phi) is 11.0. The summed E-state index contributed by atoms with van der Waals surface area (Å²) in [4.78, 5) is 11.2. The Hall–Kier alpha value is -1.59. The van der Waals surface area contributed by atoms with Crippen molar-refractivity contribution in [2.45, 2.75) is 51.9 Å². The van der Waals surface area contributed by atoms with Gasteiger partial charge in [0, 0.05) is 32.4 Å². The molecule has 5 heteroatoms. The van der Waals surface area contributed by atoms with E-state index in [2.05, 4.69) is 61.0 Å². The van der Waals surface area contributed by atoms with Gasteiger partial charge < -0.3 is 20.7 Å².